The third kappa shape index (κ3) is 3.71. The van der Waals surface area contributed by atoms with Crippen LogP contribution in [-0.2, 0) is 6.42 Å². The van der Waals surface area contributed by atoms with Crippen LogP contribution >= 0.6 is 11.6 Å². The van der Waals surface area contributed by atoms with Crippen molar-refractivity contribution in [1.29, 1.82) is 0 Å². The number of nitrogens with zero attached hydrogens (tertiary/aromatic N) is 1. The summed E-state index contributed by atoms with van der Waals surface area (Å²) in [7, 11) is 0. The van der Waals surface area contributed by atoms with Gasteiger partial charge in [-0.1, -0.05) is 23.7 Å². The van der Waals surface area contributed by atoms with Crippen molar-refractivity contribution in [3.8, 4) is 0 Å². The van der Waals surface area contributed by atoms with Gasteiger partial charge in [-0.25, -0.2) is 0 Å². The van der Waals surface area contributed by atoms with E-state index in [2.05, 4.69) is 36.2 Å². The second-order valence-electron chi connectivity index (χ2n) is 5.68. The molecular formula is C15H23ClN2. The standard InChI is InChI=1S/C15H23ClN2/c1-15(2,18-10-8-17-9-11-18)7-6-13-4-3-5-14(16)12-13/h3-5,12,17H,6-11H2,1-2H3. The minimum atomic E-state index is 0.268. The van der Waals surface area contributed by atoms with Crippen LogP contribution in [0.5, 0.6) is 0 Å². The number of hydrogen-bond donors (Lipinski definition) is 1. The average Bonchev–Trinajstić information content (AvgIpc) is 2.38. The van der Waals surface area contributed by atoms with E-state index < -0.39 is 0 Å². The summed E-state index contributed by atoms with van der Waals surface area (Å²) < 4.78 is 0. The van der Waals surface area contributed by atoms with Gasteiger partial charge in [-0.3, -0.25) is 4.90 Å². The highest BCUT2D eigenvalue weighted by Crippen LogP contribution is 2.22. The fraction of sp³-hybridized carbons (Fsp3) is 0.600. The fourth-order valence-corrected chi connectivity index (χ4v) is 2.78. The molecule has 100 valence electrons. The molecule has 1 fully saturated rings. The highest BCUT2D eigenvalue weighted by molar-refractivity contribution is 6.30. The lowest BCUT2D eigenvalue weighted by atomic mass is 9.93. The predicted molar refractivity (Wildman–Crippen MR) is 78.3 cm³/mol. The molecule has 0 aromatic heterocycles. The van der Waals surface area contributed by atoms with E-state index in [-0.39, 0.29) is 5.54 Å². The zero-order valence-electron chi connectivity index (χ0n) is 11.4. The molecule has 0 amide bonds. The summed E-state index contributed by atoms with van der Waals surface area (Å²) in [5.41, 5.74) is 1.61. The molecule has 0 unspecified atom stereocenters. The fourth-order valence-electron chi connectivity index (χ4n) is 2.57. The van der Waals surface area contributed by atoms with Gasteiger partial charge < -0.3 is 5.32 Å². The molecule has 3 heteroatoms. The Hall–Kier alpha value is -0.570. The third-order valence-electron chi connectivity index (χ3n) is 3.89. The number of benzene rings is 1. The van der Waals surface area contributed by atoms with E-state index in [0.29, 0.717) is 0 Å². The summed E-state index contributed by atoms with van der Waals surface area (Å²) in [6, 6.07) is 8.22. The van der Waals surface area contributed by atoms with E-state index in [1.165, 1.54) is 12.0 Å². The Morgan fingerprint density at radius 3 is 2.67 bits per heavy atom. The first kappa shape index (κ1) is 13.9. The molecule has 1 saturated heterocycles. The van der Waals surface area contributed by atoms with Crippen molar-refractivity contribution < 1.29 is 0 Å². The smallest absolute Gasteiger partial charge is 0.0408 e. The minimum Gasteiger partial charge on any atom is -0.314 e. The topological polar surface area (TPSA) is 15.3 Å². The van der Waals surface area contributed by atoms with E-state index in [1.807, 2.05) is 12.1 Å². The summed E-state index contributed by atoms with van der Waals surface area (Å²) in [5, 5.41) is 4.25. The van der Waals surface area contributed by atoms with Crippen molar-refractivity contribution in [1.82, 2.24) is 10.2 Å². The van der Waals surface area contributed by atoms with Crippen LogP contribution in [0.3, 0.4) is 0 Å². The second kappa shape index (κ2) is 6.05. The summed E-state index contributed by atoms with van der Waals surface area (Å²) in [6.07, 6.45) is 2.27. The molecule has 1 aliphatic rings. The maximum atomic E-state index is 6.02. The van der Waals surface area contributed by atoms with Crippen molar-refractivity contribution in [2.75, 3.05) is 26.2 Å². The van der Waals surface area contributed by atoms with Crippen LogP contribution in [0.4, 0.5) is 0 Å². The number of halogens is 1. The van der Waals surface area contributed by atoms with Crippen molar-refractivity contribution >= 4 is 11.6 Å². The molecule has 2 nitrogen and oxygen atoms in total. The highest BCUT2D eigenvalue weighted by atomic mass is 35.5. The van der Waals surface area contributed by atoms with Crippen LogP contribution in [-0.4, -0.2) is 36.6 Å². The number of rotatable bonds is 4. The lowest BCUT2D eigenvalue weighted by molar-refractivity contribution is 0.0959. The molecule has 0 atom stereocenters. The molecule has 1 heterocycles. The van der Waals surface area contributed by atoms with Gasteiger partial charge in [0.05, 0.1) is 0 Å². The van der Waals surface area contributed by atoms with Crippen LogP contribution in [0, 0.1) is 0 Å². The van der Waals surface area contributed by atoms with E-state index in [0.717, 1.165) is 37.6 Å². The van der Waals surface area contributed by atoms with Gasteiger partial charge in [0.2, 0.25) is 0 Å². The van der Waals surface area contributed by atoms with E-state index in [9.17, 15) is 0 Å². The molecule has 0 bridgehead atoms. The van der Waals surface area contributed by atoms with Gasteiger partial charge in [-0.2, -0.15) is 0 Å². The Labute approximate surface area is 115 Å². The lowest BCUT2D eigenvalue weighted by Gasteiger charge is -2.41. The molecule has 1 aromatic carbocycles. The van der Waals surface area contributed by atoms with Crippen molar-refractivity contribution in [3.05, 3.63) is 34.9 Å². The van der Waals surface area contributed by atoms with Gasteiger partial charge in [-0.15, -0.1) is 0 Å². The zero-order valence-corrected chi connectivity index (χ0v) is 12.1. The molecule has 0 aliphatic carbocycles. The van der Waals surface area contributed by atoms with Gasteiger partial charge in [0.25, 0.3) is 0 Å². The summed E-state index contributed by atoms with van der Waals surface area (Å²) >= 11 is 6.02. The Bertz CT molecular complexity index is 384. The first-order valence-corrected chi connectivity index (χ1v) is 7.16. The monoisotopic (exact) mass is 266 g/mol. The molecular weight excluding hydrogens is 244 g/mol. The van der Waals surface area contributed by atoms with Gasteiger partial charge >= 0.3 is 0 Å². The largest absolute Gasteiger partial charge is 0.314 e. The Morgan fingerprint density at radius 2 is 2.00 bits per heavy atom. The van der Waals surface area contributed by atoms with Crippen LogP contribution in [0.1, 0.15) is 25.8 Å². The zero-order chi connectivity index (χ0) is 13.0. The van der Waals surface area contributed by atoms with Gasteiger partial charge in [-0.05, 0) is 44.4 Å². The van der Waals surface area contributed by atoms with Gasteiger partial charge in [0.1, 0.15) is 0 Å². The van der Waals surface area contributed by atoms with Crippen LogP contribution < -0.4 is 5.32 Å². The summed E-state index contributed by atoms with van der Waals surface area (Å²) in [6.45, 7) is 9.23. The molecule has 1 aliphatic heterocycles. The predicted octanol–water partition coefficient (Wildman–Crippen LogP) is 2.96. The molecule has 2 rings (SSSR count). The van der Waals surface area contributed by atoms with Crippen LogP contribution in [0.15, 0.2) is 24.3 Å². The quantitative estimate of drug-likeness (QED) is 0.902. The summed E-state index contributed by atoms with van der Waals surface area (Å²) in [5.74, 6) is 0. The SMILES string of the molecule is CC(C)(CCc1cccc(Cl)c1)N1CCNCC1. The van der Waals surface area contributed by atoms with Crippen molar-refractivity contribution in [3.63, 3.8) is 0 Å². The molecule has 1 N–H and O–H groups in total. The molecule has 0 saturated carbocycles. The molecule has 1 aromatic rings. The number of hydrogen-bond acceptors (Lipinski definition) is 2. The van der Waals surface area contributed by atoms with E-state index in [4.69, 9.17) is 11.6 Å². The Balaban J connectivity index is 1.91. The number of piperazine rings is 1. The first-order chi connectivity index (χ1) is 8.58. The van der Waals surface area contributed by atoms with Gasteiger partial charge in [0, 0.05) is 36.7 Å². The number of nitrogens with one attached hydrogen (secondary N) is 1. The molecule has 0 radical (unpaired) electrons. The van der Waals surface area contributed by atoms with Crippen LogP contribution in [0.2, 0.25) is 5.02 Å². The summed E-state index contributed by atoms with van der Waals surface area (Å²) in [4.78, 5) is 2.59. The Morgan fingerprint density at radius 1 is 1.28 bits per heavy atom. The molecule has 18 heavy (non-hydrogen) atoms. The highest BCUT2D eigenvalue weighted by Gasteiger charge is 2.27. The lowest BCUT2D eigenvalue weighted by Crippen LogP contribution is -2.53. The van der Waals surface area contributed by atoms with Crippen molar-refractivity contribution in [2.24, 2.45) is 0 Å². The van der Waals surface area contributed by atoms with E-state index in [1.54, 1.807) is 0 Å². The maximum Gasteiger partial charge on any atom is 0.0408 e. The average molecular weight is 267 g/mol. The maximum absolute atomic E-state index is 6.02. The third-order valence-corrected chi connectivity index (χ3v) is 4.12. The van der Waals surface area contributed by atoms with Gasteiger partial charge in [0.15, 0.2) is 0 Å². The molecule has 0 spiro atoms. The first-order valence-electron chi connectivity index (χ1n) is 6.78. The normalized spacial score (nSPS) is 17.9. The van der Waals surface area contributed by atoms with Crippen LogP contribution in [0.25, 0.3) is 0 Å². The Kier molecular flexibility index (Phi) is 4.66. The number of aryl methyl sites for hydroxylation is 1. The second-order valence-corrected chi connectivity index (χ2v) is 6.12. The van der Waals surface area contributed by atoms with Crippen molar-refractivity contribution in [2.45, 2.75) is 32.2 Å². The minimum absolute atomic E-state index is 0.268. The van der Waals surface area contributed by atoms with E-state index >= 15 is 0 Å².